The maximum absolute atomic E-state index is 12.6. The summed E-state index contributed by atoms with van der Waals surface area (Å²) in [4.78, 5) is 43.4. The van der Waals surface area contributed by atoms with Gasteiger partial charge in [-0.05, 0) is 49.2 Å². The van der Waals surface area contributed by atoms with E-state index in [0.717, 1.165) is 11.4 Å². The molecule has 4 rings (SSSR count). The molecule has 2 aliphatic rings. The van der Waals surface area contributed by atoms with Gasteiger partial charge in [-0.1, -0.05) is 18.2 Å². The lowest BCUT2D eigenvalue weighted by molar-refractivity contribution is -0.156. The van der Waals surface area contributed by atoms with Gasteiger partial charge < -0.3 is 29.5 Å². The Morgan fingerprint density at radius 2 is 1.63 bits per heavy atom. The van der Waals surface area contributed by atoms with Gasteiger partial charge in [0.1, 0.15) is 5.75 Å². The maximum Gasteiger partial charge on any atom is 0.321 e. The standard InChI is InChI=1S/C26H32N4O5/c1-34-23-11-9-22(10-12-23)28-14-16-29(17-15-28)24(31)19-35-25(32)20-6-5-13-30(18-20)26(33)27-21-7-3-2-4-8-21/h2-4,7-12,20H,5-6,13-19H2,1H3,(H,27,33). The minimum atomic E-state index is -0.426. The summed E-state index contributed by atoms with van der Waals surface area (Å²) in [6.07, 6.45) is 1.35. The number of para-hydroxylation sites is 1. The summed E-state index contributed by atoms with van der Waals surface area (Å²) in [6, 6.07) is 16.8. The van der Waals surface area contributed by atoms with Crippen molar-refractivity contribution < 1.29 is 23.9 Å². The first-order valence-electron chi connectivity index (χ1n) is 12.0. The fourth-order valence-corrected chi connectivity index (χ4v) is 4.43. The molecule has 2 heterocycles. The molecule has 9 heteroatoms. The van der Waals surface area contributed by atoms with Crippen LogP contribution in [0.1, 0.15) is 12.8 Å². The van der Waals surface area contributed by atoms with Gasteiger partial charge in [0.2, 0.25) is 0 Å². The molecule has 1 atom stereocenters. The second-order valence-electron chi connectivity index (χ2n) is 8.75. The van der Waals surface area contributed by atoms with Crippen LogP contribution in [0.15, 0.2) is 54.6 Å². The van der Waals surface area contributed by atoms with Gasteiger partial charge in [0.25, 0.3) is 5.91 Å². The number of anilines is 2. The molecule has 0 aliphatic carbocycles. The fraction of sp³-hybridized carbons (Fsp3) is 0.423. The fourth-order valence-electron chi connectivity index (χ4n) is 4.43. The van der Waals surface area contributed by atoms with E-state index in [1.165, 1.54) is 0 Å². The van der Waals surface area contributed by atoms with Crippen LogP contribution in [0.2, 0.25) is 0 Å². The van der Waals surface area contributed by atoms with E-state index in [0.29, 0.717) is 51.3 Å². The Labute approximate surface area is 205 Å². The van der Waals surface area contributed by atoms with Gasteiger partial charge in [-0.3, -0.25) is 9.59 Å². The Balaban J connectivity index is 1.20. The Kier molecular flexibility index (Phi) is 8.07. The minimum Gasteiger partial charge on any atom is -0.497 e. The molecule has 2 aromatic carbocycles. The first-order chi connectivity index (χ1) is 17.0. The molecule has 0 aromatic heterocycles. The normalized spacial score (nSPS) is 18.1. The average Bonchev–Trinajstić information content (AvgIpc) is 2.92. The van der Waals surface area contributed by atoms with Crippen molar-refractivity contribution in [3.05, 3.63) is 54.6 Å². The van der Waals surface area contributed by atoms with E-state index in [1.54, 1.807) is 16.9 Å². The third-order valence-electron chi connectivity index (χ3n) is 6.47. The molecular weight excluding hydrogens is 448 g/mol. The number of piperidine rings is 1. The Hall–Kier alpha value is -3.75. The Morgan fingerprint density at radius 3 is 2.31 bits per heavy atom. The first-order valence-corrected chi connectivity index (χ1v) is 12.0. The highest BCUT2D eigenvalue weighted by atomic mass is 16.5. The zero-order valence-corrected chi connectivity index (χ0v) is 20.0. The lowest BCUT2D eigenvalue weighted by atomic mass is 9.98. The van der Waals surface area contributed by atoms with Gasteiger partial charge in [-0.15, -0.1) is 0 Å². The molecule has 3 amide bonds. The minimum absolute atomic E-state index is 0.192. The van der Waals surface area contributed by atoms with Gasteiger partial charge in [0.05, 0.1) is 13.0 Å². The molecule has 2 aliphatic heterocycles. The zero-order chi connectivity index (χ0) is 24.6. The number of benzene rings is 2. The highest BCUT2D eigenvalue weighted by molar-refractivity contribution is 5.90. The van der Waals surface area contributed by atoms with E-state index in [1.807, 2.05) is 54.6 Å². The summed E-state index contributed by atoms with van der Waals surface area (Å²) in [5, 5.41) is 2.85. The Morgan fingerprint density at radius 1 is 0.914 bits per heavy atom. The highest BCUT2D eigenvalue weighted by Crippen LogP contribution is 2.21. The van der Waals surface area contributed by atoms with Crippen LogP contribution >= 0.6 is 0 Å². The number of hydrogen-bond acceptors (Lipinski definition) is 6. The van der Waals surface area contributed by atoms with E-state index >= 15 is 0 Å². The van der Waals surface area contributed by atoms with E-state index in [2.05, 4.69) is 10.2 Å². The number of urea groups is 1. The highest BCUT2D eigenvalue weighted by Gasteiger charge is 2.30. The van der Waals surface area contributed by atoms with E-state index in [-0.39, 0.29) is 25.1 Å². The number of likely N-dealkylation sites (tertiary alicyclic amines) is 1. The van der Waals surface area contributed by atoms with Crippen LogP contribution in [0.25, 0.3) is 0 Å². The summed E-state index contributed by atoms with van der Waals surface area (Å²) in [6.45, 7) is 3.15. The number of carbonyl (C=O) groups excluding carboxylic acids is 3. The number of rotatable bonds is 6. The molecule has 0 spiro atoms. The Bertz CT molecular complexity index is 1010. The predicted octanol–water partition coefficient (Wildman–Crippen LogP) is 2.83. The number of ether oxygens (including phenoxy) is 2. The van der Waals surface area contributed by atoms with Crippen LogP contribution in [0.4, 0.5) is 16.2 Å². The van der Waals surface area contributed by atoms with Crippen LogP contribution in [-0.4, -0.2) is 80.7 Å². The number of hydrogen-bond donors (Lipinski definition) is 1. The lowest BCUT2D eigenvalue weighted by Gasteiger charge is -2.36. The van der Waals surface area contributed by atoms with Crippen molar-refractivity contribution in [2.24, 2.45) is 5.92 Å². The van der Waals surface area contributed by atoms with Crippen LogP contribution < -0.4 is 15.0 Å². The molecule has 186 valence electrons. The third kappa shape index (κ3) is 6.44. The molecule has 0 saturated carbocycles. The van der Waals surface area contributed by atoms with Gasteiger partial charge >= 0.3 is 12.0 Å². The second kappa shape index (κ2) is 11.6. The molecule has 0 radical (unpaired) electrons. The number of esters is 1. The number of nitrogens with one attached hydrogen (secondary N) is 1. The summed E-state index contributed by atoms with van der Waals surface area (Å²) in [7, 11) is 1.64. The number of carbonyl (C=O) groups is 3. The van der Waals surface area contributed by atoms with Gasteiger partial charge in [0.15, 0.2) is 6.61 Å². The number of nitrogens with zero attached hydrogens (tertiary/aromatic N) is 3. The average molecular weight is 481 g/mol. The molecule has 2 aromatic rings. The first kappa shape index (κ1) is 24.4. The van der Waals surface area contributed by atoms with Crippen molar-refractivity contribution in [3.63, 3.8) is 0 Å². The van der Waals surface area contributed by atoms with Gasteiger partial charge in [-0.25, -0.2) is 4.79 Å². The monoisotopic (exact) mass is 480 g/mol. The largest absolute Gasteiger partial charge is 0.497 e. The van der Waals surface area contributed by atoms with Crippen LogP contribution in [0, 0.1) is 5.92 Å². The van der Waals surface area contributed by atoms with Gasteiger partial charge in [-0.2, -0.15) is 0 Å². The van der Waals surface area contributed by atoms with Crippen molar-refractivity contribution in [2.45, 2.75) is 12.8 Å². The molecule has 9 nitrogen and oxygen atoms in total. The van der Waals surface area contributed by atoms with E-state index < -0.39 is 11.9 Å². The maximum atomic E-state index is 12.6. The van der Waals surface area contributed by atoms with Crippen LogP contribution in [-0.2, 0) is 14.3 Å². The van der Waals surface area contributed by atoms with E-state index in [4.69, 9.17) is 9.47 Å². The van der Waals surface area contributed by atoms with Gasteiger partial charge in [0, 0.05) is 50.6 Å². The molecule has 1 N–H and O–H groups in total. The molecule has 35 heavy (non-hydrogen) atoms. The predicted molar refractivity (Wildman–Crippen MR) is 133 cm³/mol. The summed E-state index contributed by atoms with van der Waals surface area (Å²) >= 11 is 0. The molecule has 0 bridgehead atoms. The topological polar surface area (TPSA) is 91.4 Å². The van der Waals surface area contributed by atoms with Crippen molar-refractivity contribution in [2.75, 3.05) is 63.2 Å². The molecule has 2 saturated heterocycles. The molecule has 2 fully saturated rings. The summed E-state index contributed by atoms with van der Waals surface area (Å²) in [5.41, 5.74) is 1.79. The SMILES string of the molecule is COc1ccc(N2CCN(C(=O)COC(=O)C3CCCN(C(=O)Nc4ccccc4)C3)CC2)cc1. The number of amides is 3. The van der Waals surface area contributed by atoms with Crippen LogP contribution in [0.3, 0.4) is 0 Å². The van der Waals surface area contributed by atoms with E-state index in [9.17, 15) is 14.4 Å². The third-order valence-corrected chi connectivity index (χ3v) is 6.47. The lowest BCUT2D eigenvalue weighted by Crippen LogP contribution is -2.50. The summed E-state index contributed by atoms with van der Waals surface area (Å²) < 4.78 is 10.6. The molecule has 1 unspecified atom stereocenters. The summed E-state index contributed by atoms with van der Waals surface area (Å²) in [5.74, 6) is -0.234. The number of methoxy groups -OCH3 is 1. The zero-order valence-electron chi connectivity index (χ0n) is 20.0. The quantitative estimate of drug-likeness (QED) is 0.640. The van der Waals surface area contributed by atoms with Crippen molar-refractivity contribution >= 4 is 29.3 Å². The second-order valence-corrected chi connectivity index (χ2v) is 8.75. The van der Waals surface area contributed by atoms with Crippen molar-refractivity contribution in [3.8, 4) is 5.75 Å². The number of piperazine rings is 1. The smallest absolute Gasteiger partial charge is 0.321 e. The van der Waals surface area contributed by atoms with Crippen molar-refractivity contribution in [1.29, 1.82) is 0 Å². The van der Waals surface area contributed by atoms with Crippen molar-refractivity contribution in [1.82, 2.24) is 9.80 Å². The molecular formula is C26H32N4O5. The van der Waals surface area contributed by atoms with Crippen LogP contribution in [0.5, 0.6) is 5.75 Å².